The second-order valence-corrected chi connectivity index (χ2v) is 9.29. The van der Waals surface area contributed by atoms with Crippen LogP contribution >= 0.6 is 0 Å². The minimum atomic E-state index is -0.240. The van der Waals surface area contributed by atoms with E-state index < -0.39 is 0 Å². The lowest BCUT2D eigenvalue weighted by Crippen LogP contribution is -2.55. The number of piperidine rings is 1. The number of nitrogens with zero attached hydrogens (tertiary/aromatic N) is 3. The highest BCUT2D eigenvalue weighted by atomic mass is 19.1. The van der Waals surface area contributed by atoms with Crippen LogP contribution in [0, 0.1) is 11.7 Å². The molecular weight excluding hydrogens is 431 g/mol. The molecule has 0 spiro atoms. The summed E-state index contributed by atoms with van der Waals surface area (Å²) in [6.45, 7) is 6.12. The lowest BCUT2D eigenvalue weighted by molar-refractivity contribution is -0.137. The van der Waals surface area contributed by atoms with E-state index in [1.54, 1.807) is 12.1 Å². The highest BCUT2D eigenvalue weighted by Crippen LogP contribution is 2.32. The van der Waals surface area contributed by atoms with Crippen LogP contribution in [-0.2, 0) is 4.79 Å². The first-order valence-electron chi connectivity index (χ1n) is 12.4. The van der Waals surface area contributed by atoms with Gasteiger partial charge in [0.25, 0.3) is 0 Å². The molecule has 2 aromatic rings. The van der Waals surface area contributed by atoms with Gasteiger partial charge in [-0.25, -0.2) is 9.18 Å². The van der Waals surface area contributed by atoms with E-state index >= 15 is 0 Å². The summed E-state index contributed by atoms with van der Waals surface area (Å²) in [5, 5.41) is 3.01. The van der Waals surface area contributed by atoms with Gasteiger partial charge in [-0.2, -0.15) is 0 Å². The molecule has 2 aliphatic rings. The number of para-hydroxylation sites is 1. The van der Waals surface area contributed by atoms with Crippen LogP contribution in [0.1, 0.15) is 37.7 Å². The Morgan fingerprint density at radius 2 is 1.65 bits per heavy atom. The number of urea groups is 1. The van der Waals surface area contributed by atoms with Gasteiger partial charge in [-0.1, -0.05) is 55.8 Å². The number of piperazine rings is 1. The van der Waals surface area contributed by atoms with Crippen LogP contribution in [0.3, 0.4) is 0 Å². The number of halogens is 1. The number of unbranched alkanes of at least 4 members (excludes halogenated alkanes) is 1. The first-order chi connectivity index (χ1) is 16.6. The van der Waals surface area contributed by atoms with Crippen molar-refractivity contribution in [2.45, 2.75) is 32.1 Å². The van der Waals surface area contributed by atoms with Crippen molar-refractivity contribution >= 4 is 17.6 Å². The molecule has 2 atom stereocenters. The van der Waals surface area contributed by atoms with Crippen LogP contribution in [0.5, 0.6) is 0 Å². The van der Waals surface area contributed by atoms with Crippen molar-refractivity contribution in [3.63, 3.8) is 0 Å². The van der Waals surface area contributed by atoms with Gasteiger partial charge in [0, 0.05) is 51.7 Å². The smallest absolute Gasteiger partial charge is 0.317 e. The molecule has 7 heteroatoms. The van der Waals surface area contributed by atoms with Gasteiger partial charge in [0.05, 0.1) is 11.6 Å². The Labute approximate surface area is 201 Å². The molecule has 0 radical (unpaired) electrons. The summed E-state index contributed by atoms with van der Waals surface area (Å²) in [6.07, 6.45) is 2.69. The van der Waals surface area contributed by atoms with E-state index in [2.05, 4.69) is 24.4 Å². The Bertz CT molecular complexity index is 962. The van der Waals surface area contributed by atoms with Crippen molar-refractivity contribution < 1.29 is 14.0 Å². The van der Waals surface area contributed by atoms with Gasteiger partial charge < -0.3 is 20.0 Å². The third-order valence-electron chi connectivity index (χ3n) is 6.95. The molecule has 2 heterocycles. The molecule has 1 N–H and O–H groups in total. The molecule has 2 saturated heterocycles. The lowest BCUT2D eigenvalue weighted by atomic mass is 9.84. The van der Waals surface area contributed by atoms with E-state index in [1.165, 1.54) is 6.07 Å². The summed E-state index contributed by atoms with van der Waals surface area (Å²) >= 11 is 0. The molecule has 6 nitrogen and oxygen atoms in total. The highest BCUT2D eigenvalue weighted by molar-refractivity contribution is 5.81. The number of carbonyl (C=O) groups is 2. The third kappa shape index (κ3) is 5.69. The predicted molar refractivity (Wildman–Crippen MR) is 132 cm³/mol. The maximum Gasteiger partial charge on any atom is 0.317 e. The first-order valence-corrected chi connectivity index (χ1v) is 12.4. The largest absolute Gasteiger partial charge is 0.366 e. The van der Waals surface area contributed by atoms with Crippen LogP contribution in [0.4, 0.5) is 14.9 Å². The van der Waals surface area contributed by atoms with Gasteiger partial charge in [-0.15, -0.1) is 0 Å². The van der Waals surface area contributed by atoms with Gasteiger partial charge in [-0.3, -0.25) is 4.79 Å². The van der Waals surface area contributed by atoms with Gasteiger partial charge in [0.2, 0.25) is 5.91 Å². The summed E-state index contributed by atoms with van der Waals surface area (Å²) < 4.78 is 14.2. The van der Waals surface area contributed by atoms with Crippen molar-refractivity contribution in [3.8, 4) is 0 Å². The number of nitrogens with one attached hydrogen (secondary N) is 1. The second kappa shape index (κ2) is 11.4. The Hall–Kier alpha value is -3.09. The van der Waals surface area contributed by atoms with Crippen molar-refractivity contribution in [3.05, 3.63) is 66.0 Å². The lowest BCUT2D eigenvalue weighted by Gasteiger charge is -2.41. The normalized spacial score (nSPS) is 20.8. The van der Waals surface area contributed by atoms with Gasteiger partial charge in [0.15, 0.2) is 0 Å². The van der Waals surface area contributed by atoms with Gasteiger partial charge in [-0.05, 0) is 30.5 Å². The zero-order valence-corrected chi connectivity index (χ0v) is 20.0. The van der Waals surface area contributed by atoms with E-state index in [0.717, 1.165) is 24.8 Å². The van der Waals surface area contributed by atoms with Crippen molar-refractivity contribution in [2.24, 2.45) is 5.92 Å². The summed E-state index contributed by atoms with van der Waals surface area (Å²) in [4.78, 5) is 32.1. The number of likely N-dealkylation sites (tertiary alicyclic amines) is 1. The fourth-order valence-electron chi connectivity index (χ4n) is 5.03. The third-order valence-corrected chi connectivity index (χ3v) is 6.95. The minimum absolute atomic E-state index is 0.0868. The molecule has 4 rings (SSSR count). The van der Waals surface area contributed by atoms with Crippen molar-refractivity contribution in [2.75, 3.05) is 50.7 Å². The van der Waals surface area contributed by atoms with Crippen molar-refractivity contribution in [1.29, 1.82) is 0 Å². The average molecular weight is 467 g/mol. The first kappa shape index (κ1) is 24.0. The highest BCUT2D eigenvalue weighted by Gasteiger charge is 2.37. The van der Waals surface area contributed by atoms with Crippen LogP contribution < -0.4 is 10.2 Å². The number of carbonyl (C=O) groups excluding carboxylic acids is 2. The number of anilines is 1. The van der Waals surface area contributed by atoms with Gasteiger partial charge >= 0.3 is 6.03 Å². The second-order valence-electron chi connectivity index (χ2n) is 9.29. The summed E-state index contributed by atoms with van der Waals surface area (Å²) in [6, 6.07) is 16.9. The molecule has 0 aliphatic carbocycles. The van der Waals surface area contributed by atoms with E-state index in [9.17, 15) is 14.0 Å². The maximum absolute atomic E-state index is 14.2. The summed E-state index contributed by atoms with van der Waals surface area (Å²) in [7, 11) is 0. The zero-order valence-electron chi connectivity index (χ0n) is 20.0. The molecule has 0 aromatic heterocycles. The summed E-state index contributed by atoms with van der Waals surface area (Å²) in [5.74, 6) is -0.249. The molecule has 0 bridgehead atoms. The van der Waals surface area contributed by atoms with Crippen molar-refractivity contribution in [1.82, 2.24) is 15.1 Å². The number of hydrogen-bond donors (Lipinski definition) is 1. The number of hydrogen-bond acceptors (Lipinski definition) is 3. The summed E-state index contributed by atoms with van der Waals surface area (Å²) in [5.41, 5.74) is 1.75. The fraction of sp³-hybridized carbons (Fsp3) is 0.481. The monoisotopic (exact) mass is 466 g/mol. The van der Waals surface area contributed by atoms with Gasteiger partial charge in [0.1, 0.15) is 5.82 Å². The fourth-order valence-corrected chi connectivity index (χ4v) is 5.03. The molecule has 0 saturated carbocycles. The molecule has 3 amide bonds. The van der Waals surface area contributed by atoms with Crippen LogP contribution in [0.2, 0.25) is 0 Å². The average Bonchev–Trinajstić information content (AvgIpc) is 2.89. The minimum Gasteiger partial charge on any atom is -0.366 e. The van der Waals surface area contributed by atoms with E-state index in [1.807, 2.05) is 39.0 Å². The SMILES string of the molecule is CCCCNC(=O)N1C[C@@H](C(=O)N2CCN(c3ccccc3F)CC2)C[C@H](c2ccccc2)C1. The number of rotatable bonds is 6. The zero-order chi connectivity index (χ0) is 23.9. The molecule has 2 aliphatic heterocycles. The van der Waals surface area contributed by atoms with E-state index in [0.29, 0.717) is 51.5 Å². The molecular formula is C27H35FN4O2. The molecule has 2 aromatic carbocycles. The quantitative estimate of drug-likeness (QED) is 0.653. The van der Waals surface area contributed by atoms with E-state index in [-0.39, 0.29) is 29.6 Å². The Kier molecular flexibility index (Phi) is 8.03. The molecule has 34 heavy (non-hydrogen) atoms. The maximum atomic E-state index is 14.2. The van der Waals surface area contributed by atoms with Crippen LogP contribution in [0.25, 0.3) is 0 Å². The molecule has 2 fully saturated rings. The Morgan fingerprint density at radius 1 is 0.941 bits per heavy atom. The molecule has 182 valence electrons. The van der Waals surface area contributed by atoms with E-state index in [4.69, 9.17) is 0 Å². The molecule has 0 unspecified atom stereocenters. The standard InChI is InChI=1S/C27H35FN4O2/c1-2-3-13-29-27(34)32-19-22(21-9-5-4-6-10-21)18-23(20-32)26(33)31-16-14-30(15-17-31)25-12-8-7-11-24(25)28/h4-12,22-23H,2-3,13-20H2,1H3,(H,29,34)/t22-,23-/m0/s1. The predicted octanol–water partition coefficient (Wildman–Crippen LogP) is 4.09. The number of amides is 3. The Balaban J connectivity index is 1.43. The Morgan fingerprint density at radius 3 is 2.35 bits per heavy atom. The number of benzene rings is 2. The van der Waals surface area contributed by atoms with Crippen LogP contribution in [0.15, 0.2) is 54.6 Å². The topological polar surface area (TPSA) is 55.9 Å². The van der Waals surface area contributed by atoms with Crippen LogP contribution in [-0.4, -0.2) is 67.6 Å².